The predicted octanol–water partition coefficient (Wildman–Crippen LogP) is 1.47. The van der Waals surface area contributed by atoms with Crippen molar-refractivity contribution in [2.45, 2.75) is 18.9 Å². The number of piperazine rings is 1. The van der Waals surface area contributed by atoms with Crippen molar-refractivity contribution in [3.63, 3.8) is 0 Å². The second-order valence-corrected chi connectivity index (χ2v) is 5.63. The number of carbonyl (C=O) groups excluding carboxylic acids is 1. The molecular formula is C16H19FN2O2. The highest BCUT2D eigenvalue weighted by atomic mass is 19.1. The Balaban J connectivity index is 2.01. The summed E-state index contributed by atoms with van der Waals surface area (Å²) < 4.78 is 18.7. The Labute approximate surface area is 123 Å². The van der Waals surface area contributed by atoms with Crippen LogP contribution in [-0.4, -0.2) is 43.1 Å². The molecule has 0 saturated carbocycles. The van der Waals surface area contributed by atoms with E-state index in [0.29, 0.717) is 25.1 Å². The Morgan fingerprint density at radius 2 is 2.10 bits per heavy atom. The summed E-state index contributed by atoms with van der Waals surface area (Å²) in [7, 11) is 1.61. The first kappa shape index (κ1) is 14.1. The fraction of sp³-hybridized carbons (Fsp3) is 0.438. The van der Waals surface area contributed by atoms with Gasteiger partial charge in [-0.25, -0.2) is 4.39 Å². The molecule has 0 bridgehead atoms. The molecule has 0 aromatic heterocycles. The first-order valence-electron chi connectivity index (χ1n) is 7.11. The number of hydrogen-bond donors (Lipinski definition) is 1. The molecule has 2 aliphatic rings. The molecule has 2 aliphatic heterocycles. The van der Waals surface area contributed by atoms with Crippen molar-refractivity contribution in [1.29, 1.82) is 0 Å². The van der Waals surface area contributed by atoms with E-state index in [1.165, 1.54) is 12.1 Å². The molecule has 1 saturated heterocycles. The smallest absolute Gasteiger partial charge is 0.253 e. The molecule has 1 fully saturated rings. The third kappa shape index (κ3) is 2.12. The average Bonchev–Trinajstić information content (AvgIpc) is 2.70. The summed E-state index contributed by atoms with van der Waals surface area (Å²) in [6.45, 7) is 3.90. The summed E-state index contributed by atoms with van der Waals surface area (Å²) in [6.07, 6.45) is 0.618. The van der Waals surface area contributed by atoms with Gasteiger partial charge in [0.25, 0.3) is 5.91 Å². The second-order valence-electron chi connectivity index (χ2n) is 5.63. The van der Waals surface area contributed by atoms with Gasteiger partial charge in [0.2, 0.25) is 0 Å². The molecule has 1 aromatic rings. The normalized spacial score (nSPS) is 25.3. The van der Waals surface area contributed by atoms with E-state index < -0.39 is 5.54 Å². The van der Waals surface area contributed by atoms with E-state index in [1.54, 1.807) is 19.2 Å². The van der Waals surface area contributed by atoms with Gasteiger partial charge in [-0.05, 0) is 24.6 Å². The largest absolute Gasteiger partial charge is 0.498 e. The van der Waals surface area contributed by atoms with E-state index in [1.807, 2.05) is 11.8 Å². The highest BCUT2D eigenvalue weighted by Gasteiger charge is 2.52. The Morgan fingerprint density at radius 1 is 1.38 bits per heavy atom. The number of amides is 1. The SMILES string of the molecule is COC1=C(C)C(=O)N2CCNCC12Cc1ccc(F)cc1. The summed E-state index contributed by atoms with van der Waals surface area (Å²) in [5, 5.41) is 3.35. The van der Waals surface area contributed by atoms with Crippen LogP contribution >= 0.6 is 0 Å². The molecule has 1 aromatic carbocycles. The third-order valence-electron chi connectivity index (χ3n) is 4.39. The molecule has 2 heterocycles. The van der Waals surface area contributed by atoms with Crippen molar-refractivity contribution >= 4 is 5.91 Å². The fourth-order valence-corrected chi connectivity index (χ4v) is 3.46. The number of fused-ring (bicyclic) bond motifs is 1. The number of halogens is 1. The van der Waals surface area contributed by atoms with Crippen molar-refractivity contribution in [1.82, 2.24) is 10.2 Å². The maximum Gasteiger partial charge on any atom is 0.253 e. The van der Waals surface area contributed by atoms with E-state index in [9.17, 15) is 9.18 Å². The number of hydrogen-bond acceptors (Lipinski definition) is 3. The van der Waals surface area contributed by atoms with Crippen LogP contribution in [0.2, 0.25) is 0 Å². The van der Waals surface area contributed by atoms with Crippen LogP contribution in [0.3, 0.4) is 0 Å². The van der Waals surface area contributed by atoms with Gasteiger partial charge in [-0.3, -0.25) is 4.79 Å². The van der Waals surface area contributed by atoms with Crippen molar-refractivity contribution in [2.24, 2.45) is 0 Å². The highest BCUT2D eigenvalue weighted by Crippen LogP contribution is 2.39. The zero-order chi connectivity index (χ0) is 15.0. The van der Waals surface area contributed by atoms with Gasteiger partial charge < -0.3 is 15.0 Å². The molecule has 1 N–H and O–H groups in total. The number of carbonyl (C=O) groups is 1. The maximum absolute atomic E-state index is 13.1. The van der Waals surface area contributed by atoms with Crippen LogP contribution in [0.1, 0.15) is 12.5 Å². The van der Waals surface area contributed by atoms with Crippen molar-refractivity contribution in [3.8, 4) is 0 Å². The number of methoxy groups -OCH3 is 1. The molecule has 0 radical (unpaired) electrons. The van der Waals surface area contributed by atoms with E-state index in [-0.39, 0.29) is 11.7 Å². The maximum atomic E-state index is 13.1. The number of nitrogens with one attached hydrogen (secondary N) is 1. The molecule has 1 unspecified atom stereocenters. The molecule has 1 amide bonds. The Bertz CT molecular complexity index is 597. The highest BCUT2D eigenvalue weighted by molar-refractivity contribution is 5.97. The topological polar surface area (TPSA) is 41.6 Å². The van der Waals surface area contributed by atoms with Gasteiger partial charge in [0, 0.05) is 26.1 Å². The van der Waals surface area contributed by atoms with Gasteiger partial charge in [0.1, 0.15) is 17.1 Å². The summed E-state index contributed by atoms with van der Waals surface area (Å²) in [4.78, 5) is 14.3. The number of benzene rings is 1. The van der Waals surface area contributed by atoms with E-state index in [4.69, 9.17) is 4.74 Å². The first-order valence-corrected chi connectivity index (χ1v) is 7.11. The molecule has 4 nitrogen and oxygen atoms in total. The number of ether oxygens (including phenoxy) is 1. The monoisotopic (exact) mass is 290 g/mol. The lowest BCUT2D eigenvalue weighted by molar-refractivity contribution is -0.131. The van der Waals surface area contributed by atoms with Gasteiger partial charge in [0.05, 0.1) is 12.7 Å². The summed E-state index contributed by atoms with van der Waals surface area (Å²) >= 11 is 0. The molecule has 21 heavy (non-hydrogen) atoms. The Hall–Kier alpha value is -1.88. The average molecular weight is 290 g/mol. The lowest BCUT2D eigenvalue weighted by Crippen LogP contribution is -2.62. The minimum atomic E-state index is -0.494. The van der Waals surface area contributed by atoms with Crippen LogP contribution in [0.4, 0.5) is 4.39 Å². The minimum absolute atomic E-state index is 0.0375. The quantitative estimate of drug-likeness (QED) is 0.916. The molecule has 5 heteroatoms. The van der Waals surface area contributed by atoms with E-state index in [2.05, 4.69) is 5.32 Å². The third-order valence-corrected chi connectivity index (χ3v) is 4.39. The van der Waals surface area contributed by atoms with Crippen LogP contribution < -0.4 is 5.32 Å². The first-order chi connectivity index (χ1) is 10.1. The fourth-order valence-electron chi connectivity index (χ4n) is 3.46. The van der Waals surface area contributed by atoms with E-state index in [0.717, 1.165) is 17.9 Å². The van der Waals surface area contributed by atoms with Crippen LogP contribution in [0.25, 0.3) is 0 Å². The standard InChI is InChI=1S/C16H19FN2O2/c1-11-14(21-2)16(9-12-3-5-13(17)6-4-12)10-18-7-8-19(16)15(11)20/h3-6,18H,7-10H2,1-2H3. The van der Waals surface area contributed by atoms with Crippen LogP contribution in [-0.2, 0) is 16.0 Å². The number of nitrogens with zero attached hydrogens (tertiary/aromatic N) is 1. The van der Waals surface area contributed by atoms with Gasteiger partial charge in [-0.1, -0.05) is 12.1 Å². The van der Waals surface area contributed by atoms with Gasteiger partial charge in [-0.15, -0.1) is 0 Å². The Kier molecular flexibility index (Phi) is 3.45. The lowest BCUT2D eigenvalue weighted by Gasteiger charge is -2.43. The molecule has 3 rings (SSSR count). The van der Waals surface area contributed by atoms with Gasteiger partial charge in [-0.2, -0.15) is 0 Å². The predicted molar refractivity (Wildman–Crippen MR) is 77.1 cm³/mol. The van der Waals surface area contributed by atoms with Crippen LogP contribution in [0.15, 0.2) is 35.6 Å². The molecule has 0 spiro atoms. The van der Waals surface area contributed by atoms with Gasteiger partial charge in [0.15, 0.2) is 0 Å². The lowest BCUT2D eigenvalue weighted by atomic mass is 9.86. The molecule has 0 aliphatic carbocycles. The second kappa shape index (κ2) is 5.15. The summed E-state index contributed by atoms with van der Waals surface area (Å²) in [5.41, 5.74) is 1.16. The summed E-state index contributed by atoms with van der Waals surface area (Å²) in [6, 6.07) is 6.43. The minimum Gasteiger partial charge on any atom is -0.498 e. The molecule has 1 atom stereocenters. The molecule has 112 valence electrons. The van der Waals surface area contributed by atoms with E-state index >= 15 is 0 Å². The van der Waals surface area contributed by atoms with Crippen LogP contribution in [0, 0.1) is 5.82 Å². The van der Waals surface area contributed by atoms with Crippen molar-refractivity contribution in [3.05, 3.63) is 47.0 Å². The van der Waals surface area contributed by atoms with Crippen LogP contribution in [0.5, 0.6) is 0 Å². The summed E-state index contributed by atoms with van der Waals surface area (Å²) in [5.74, 6) is 0.510. The Morgan fingerprint density at radius 3 is 2.76 bits per heavy atom. The zero-order valence-electron chi connectivity index (χ0n) is 12.3. The zero-order valence-corrected chi connectivity index (χ0v) is 12.3. The number of rotatable bonds is 3. The van der Waals surface area contributed by atoms with Crippen molar-refractivity contribution in [2.75, 3.05) is 26.7 Å². The van der Waals surface area contributed by atoms with Crippen molar-refractivity contribution < 1.29 is 13.9 Å². The molecular weight excluding hydrogens is 271 g/mol. The van der Waals surface area contributed by atoms with Gasteiger partial charge >= 0.3 is 0 Å².